The van der Waals surface area contributed by atoms with Gasteiger partial charge in [-0.05, 0) is 37.0 Å². The summed E-state index contributed by atoms with van der Waals surface area (Å²) in [6, 6.07) is 7.42. The van der Waals surface area contributed by atoms with Crippen LogP contribution in [0.15, 0.2) is 35.4 Å². The predicted molar refractivity (Wildman–Crippen MR) is 88.3 cm³/mol. The van der Waals surface area contributed by atoms with E-state index in [4.69, 9.17) is 4.74 Å². The number of nitrogens with zero attached hydrogens (tertiary/aromatic N) is 1. The van der Waals surface area contributed by atoms with Crippen LogP contribution in [0.25, 0.3) is 0 Å². The number of likely N-dealkylation sites (N-methyl/N-ethyl adjacent to an activating group) is 1. The third-order valence-corrected chi connectivity index (χ3v) is 4.70. The molecule has 5 nitrogen and oxygen atoms in total. The van der Waals surface area contributed by atoms with E-state index < -0.39 is 0 Å². The summed E-state index contributed by atoms with van der Waals surface area (Å²) in [5.74, 6) is 0.537. The topological polar surface area (TPSA) is 58.6 Å². The molecule has 0 bridgehead atoms. The SMILES string of the molecule is COc1cccc(NC(=O)CC2=C3CCCCC3N(C)C2=O)c1. The lowest BCUT2D eigenvalue weighted by atomic mass is 9.88. The van der Waals surface area contributed by atoms with Gasteiger partial charge in [-0.25, -0.2) is 0 Å². The van der Waals surface area contributed by atoms with Crippen LogP contribution in [-0.2, 0) is 9.59 Å². The summed E-state index contributed by atoms with van der Waals surface area (Å²) in [6.07, 6.45) is 4.34. The van der Waals surface area contributed by atoms with Crippen LogP contribution in [-0.4, -0.2) is 36.9 Å². The average Bonchev–Trinajstić information content (AvgIpc) is 2.80. The summed E-state index contributed by atoms with van der Waals surface area (Å²) >= 11 is 0. The van der Waals surface area contributed by atoms with Crippen LogP contribution in [0.5, 0.6) is 5.75 Å². The van der Waals surface area contributed by atoms with Crippen molar-refractivity contribution in [2.24, 2.45) is 0 Å². The van der Waals surface area contributed by atoms with E-state index in [1.165, 1.54) is 5.57 Å². The first kappa shape index (κ1) is 15.6. The van der Waals surface area contributed by atoms with Gasteiger partial charge >= 0.3 is 0 Å². The highest BCUT2D eigenvalue weighted by Gasteiger charge is 2.38. The molecule has 0 saturated heterocycles. The number of fused-ring (bicyclic) bond motifs is 1. The van der Waals surface area contributed by atoms with E-state index in [9.17, 15) is 9.59 Å². The minimum atomic E-state index is -0.159. The molecule has 5 heteroatoms. The van der Waals surface area contributed by atoms with Gasteiger partial charge in [-0.3, -0.25) is 9.59 Å². The molecule has 1 saturated carbocycles. The van der Waals surface area contributed by atoms with Crippen molar-refractivity contribution in [2.75, 3.05) is 19.5 Å². The van der Waals surface area contributed by atoms with Crippen LogP contribution >= 0.6 is 0 Å². The van der Waals surface area contributed by atoms with Gasteiger partial charge < -0.3 is 15.0 Å². The largest absolute Gasteiger partial charge is 0.497 e. The Hall–Kier alpha value is -2.30. The molecule has 1 aromatic carbocycles. The summed E-state index contributed by atoms with van der Waals surface area (Å²) in [5, 5.41) is 2.85. The number of anilines is 1. The monoisotopic (exact) mass is 314 g/mol. The Bertz CT molecular complexity index is 666. The first-order chi connectivity index (χ1) is 11.1. The maximum Gasteiger partial charge on any atom is 0.250 e. The van der Waals surface area contributed by atoms with Crippen molar-refractivity contribution in [1.29, 1.82) is 0 Å². The lowest BCUT2D eigenvalue weighted by molar-refractivity contribution is -0.127. The normalized spacial score (nSPS) is 20.5. The number of ether oxygens (including phenoxy) is 1. The standard InChI is InChI=1S/C18H22N2O3/c1-20-16-9-4-3-8-14(16)15(18(20)22)11-17(21)19-12-6-5-7-13(10-12)23-2/h5-7,10,16H,3-4,8-9,11H2,1-2H3,(H,19,21). The molecule has 1 aromatic rings. The fourth-order valence-electron chi connectivity index (χ4n) is 3.52. The van der Waals surface area contributed by atoms with E-state index in [0.29, 0.717) is 17.0 Å². The van der Waals surface area contributed by atoms with Crippen molar-refractivity contribution in [1.82, 2.24) is 4.90 Å². The Morgan fingerprint density at radius 2 is 2.22 bits per heavy atom. The van der Waals surface area contributed by atoms with E-state index >= 15 is 0 Å². The number of benzene rings is 1. The first-order valence-electron chi connectivity index (χ1n) is 8.03. The van der Waals surface area contributed by atoms with Gasteiger partial charge in [0, 0.05) is 24.4 Å². The molecule has 0 radical (unpaired) electrons. The summed E-state index contributed by atoms with van der Waals surface area (Å²) < 4.78 is 5.15. The molecule has 1 aliphatic carbocycles. The van der Waals surface area contributed by atoms with E-state index in [-0.39, 0.29) is 24.3 Å². The third kappa shape index (κ3) is 3.09. The molecule has 3 rings (SSSR count). The van der Waals surface area contributed by atoms with Crippen molar-refractivity contribution in [3.05, 3.63) is 35.4 Å². The fourth-order valence-corrected chi connectivity index (χ4v) is 3.52. The molecule has 0 spiro atoms. The first-order valence-corrected chi connectivity index (χ1v) is 8.03. The molecule has 1 fully saturated rings. The molecular weight excluding hydrogens is 292 g/mol. The second-order valence-corrected chi connectivity index (χ2v) is 6.14. The van der Waals surface area contributed by atoms with Crippen LogP contribution in [0, 0.1) is 0 Å². The Kier molecular flexibility index (Phi) is 4.37. The van der Waals surface area contributed by atoms with Crippen molar-refractivity contribution >= 4 is 17.5 Å². The van der Waals surface area contributed by atoms with Crippen molar-refractivity contribution in [3.8, 4) is 5.75 Å². The minimum absolute atomic E-state index is 0.00712. The molecule has 23 heavy (non-hydrogen) atoms. The zero-order chi connectivity index (χ0) is 16.4. The second kappa shape index (κ2) is 6.44. The zero-order valence-corrected chi connectivity index (χ0v) is 13.6. The van der Waals surface area contributed by atoms with Crippen molar-refractivity contribution in [2.45, 2.75) is 38.1 Å². The van der Waals surface area contributed by atoms with Crippen LogP contribution in [0.1, 0.15) is 32.1 Å². The van der Waals surface area contributed by atoms with Gasteiger partial charge in [0.1, 0.15) is 5.75 Å². The highest BCUT2D eigenvalue weighted by molar-refractivity contribution is 6.04. The molecule has 1 unspecified atom stereocenters. The summed E-state index contributed by atoms with van der Waals surface area (Å²) in [7, 11) is 3.43. The Balaban J connectivity index is 1.72. The summed E-state index contributed by atoms with van der Waals surface area (Å²) in [6.45, 7) is 0. The second-order valence-electron chi connectivity index (χ2n) is 6.14. The van der Waals surface area contributed by atoms with E-state index in [0.717, 1.165) is 25.7 Å². The predicted octanol–water partition coefficient (Wildman–Crippen LogP) is 2.74. The van der Waals surface area contributed by atoms with E-state index in [1.807, 2.05) is 25.2 Å². The molecule has 2 aliphatic rings. The maximum atomic E-state index is 12.4. The van der Waals surface area contributed by atoms with Crippen LogP contribution in [0.3, 0.4) is 0 Å². The molecular formula is C18H22N2O3. The lowest BCUT2D eigenvalue weighted by Crippen LogP contribution is -2.33. The number of carbonyl (C=O) groups excluding carboxylic acids is 2. The average molecular weight is 314 g/mol. The van der Waals surface area contributed by atoms with Gasteiger partial charge in [-0.1, -0.05) is 12.5 Å². The smallest absolute Gasteiger partial charge is 0.250 e. The van der Waals surface area contributed by atoms with Crippen LogP contribution in [0.4, 0.5) is 5.69 Å². The van der Waals surface area contributed by atoms with Gasteiger partial charge in [-0.15, -0.1) is 0 Å². The number of carbonyl (C=O) groups is 2. The third-order valence-electron chi connectivity index (χ3n) is 4.70. The molecule has 1 atom stereocenters. The lowest BCUT2D eigenvalue weighted by Gasteiger charge is -2.26. The number of hydrogen-bond donors (Lipinski definition) is 1. The number of amides is 2. The molecule has 1 aliphatic heterocycles. The highest BCUT2D eigenvalue weighted by atomic mass is 16.5. The van der Waals surface area contributed by atoms with Gasteiger partial charge in [0.25, 0.3) is 5.91 Å². The summed E-state index contributed by atoms with van der Waals surface area (Å²) in [4.78, 5) is 26.6. The van der Waals surface area contributed by atoms with Crippen molar-refractivity contribution in [3.63, 3.8) is 0 Å². The van der Waals surface area contributed by atoms with Gasteiger partial charge in [-0.2, -0.15) is 0 Å². The molecule has 2 amide bonds. The Labute approximate surface area is 136 Å². The van der Waals surface area contributed by atoms with Gasteiger partial charge in [0.2, 0.25) is 5.91 Å². The number of nitrogens with one attached hydrogen (secondary N) is 1. The number of methoxy groups -OCH3 is 1. The number of hydrogen-bond acceptors (Lipinski definition) is 3. The maximum absolute atomic E-state index is 12.4. The molecule has 1 N–H and O–H groups in total. The fraction of sp³-hybridized carbons (Fsp3) is 0.444. The van der Waals surface area contributed by atoms with Gasteiger partial charge in [0.15, 0.2) is 0 Å². The zero-order valence-electron chi connectivity index (χ0n) is 13.6. The molecule has 1 heterocycles. The Morgan fingerprint density at radius 3 is 3.00 bits per heavy atom. The number of rotatable bonds is 4. The quantitative estimate of drug-likeness (QED) is 0.929. The molecule has 122 valence electrons. The van der Waals surface area contributed by atoms with E-state index in [1.54, 1.807) is 18.1 Å². The van der Waals surface area contributed by atoms with E-state index in [2.05, 4.69) is 5.32 Å². The molecule has 0 aromatic heterocycles. The van der Waals surface area contributed by atoms with Crippen LogP contribution < -0.4 is 10.1 Å². The van der Waals surface area contributed by atoms with Crippen molar-refractivity contribution < 1.29 is 14.3 Å². The van der Waals surface area contributed by atoms with Crippen LogP contribution in [0.2, 0.25) is 0 Å². The Morgan fingerprint density at radius 1 is 1.39 bits per heavy atom. The highest BCUT2D eigenvalue weighted by Crippen LogP contribution is 2.37. The minimum Gasteiger partial charge on any atom is -0.497 e. The summed E-state index contributed by atoms with van der Waals surface area (Å²) in [5.41, 5.74) is 2.54. The van der Waals surface area contributed by atoms with Gasteiger partial charge in [0.05, 0.1) is 19.6 Å².